The van der Waals surface area contributed by atoms with Crippen LogP contribution < -0.4 is 10.5 Å². The van der Waals surface area contributed by atoms with Gasteiger partial charge in [-0.3, -0.25) is 14.9 Å². The van der Waals surface area contributed by atoms with Crippen molar-refractivity contribution in [2.24, 2.45) is 5.10 Å². The summed E-state index contributed by atoms with van der Waals surface area (Å²) in [6.07, 6.45) is 1.07. The lowest BCUT2D eigenvalue weighted by Gasteiger charge is -2.09. The van der Waals surface area contributed by atoms with Crippen molar-refractivity contribution in [3.8, 4) is 5.75 Å². The first-order chi connectivity index (χ1) is 10.5. The number of para-hydroxylation sites is 1. The van der Waals surface area contributed by atoms with E-state index in [1.807, 2.05) is 0 Å². The molecule has 0 aromatic heterocycles. The standard InChI is InChI=1S/C14H10BrN3O4/c15-11-6-2-1-5-10(11)14(20)17-16-8-9-4-3-7-12(13(9)19)18(21)22/h1-8,19H,(H,17,20)/p-1/b16-8-. The van der Waals surface area contributed by atoms with E-state index >= 15 is 0 Å². The third kappa shape index (κ3) is 3.47. The number of carbonyl (C=O) groups excluding carboxylic acids is 1. The second-order valence-electron chi connectivity index (χ2n) is 4.13. The van der Waals surface area contributed by atoms with Crippen LogP contribution in [0.2, 0.25) is 0 Å². The molecule has 0 radical (unpaired) electrons. The van der Waals surface area contributed by atoms with Gasteiger partial charge in [0.1, 0.15) is 0 Å². The molecule has 1 N–H and O–H groups in total. The van der Waals surface area contributed by atoms with Crippen LogP contribution >= 0.6 is 15.9 Å². The summed E-state index contributed by atoms with van der Waals surface area (Å²) in [6.45, 7) is 0. The third-order valence-corrected chi connectivity index (χ3v) is 3.40. The molecule has 0 aliphatic carbocycles. The average Bonchev–Trinajstić information content (AvgIpc) is 2.49. The second-order valence-corrected chi connectivity index (χ2v) is 4.99. The summed E-state index contributed by atoms with van der Waals surface area (Å²) in [5.41, 5.74) is 2.11. The number of nitro groups is 1. The van der Waals surface area contributed by atoms with Gasteiger partial charge in [0.25, 0.3) is 11.6 Å². The minimum atomic E-state index is -0.765. The fourth-order valence-electron chi connectivity index (χ4n) is 1.65. The molecule has 1 amide bonds. The molecule has 22 heavy (non-hydrogen) atoms. The molecule has 0 atom stereocenters. The van der Waals surface area contributed by atoms with Gasteiger partial charge in [0.05, 0.1) is 16.7 Å². The minimum Gasteiger partial charge on any atom is -0.867 e. The number of halogens is 1. The lowest BCUT2D eigenvalue weighted by Crippen LogP contribution is -2.18. The molecule has 7 nitrogen and oxygen atoms in total. The lowest BCUT2D eigenvalue weighted by atomic mass is 10.2. The Morgan fingerprint density at radius 3 is 2.64 bits per heavy atom. The zero-order chi connectivity index (χ0) is 16.1. The third-order valence-electron chi connectivity index (χ3n) is 2.71. The van der Waals surface area contributed by atoms with Crippen molar-refractivity contribution in [3.05, 3.63) is 68.2 Å². The second kappa shape index (κ2) is 6.81. The topological polar surface area (TPSA) is 108 Å². The maximum absolute atomic E-state index is 11.9. The molecule has 2 aromatic rings. The zero-order valence-corrected chi connectivity index (χ0v) is 12.6. The van der Waals surface area contributed by atoms with Gasteiger partial charge in [-0.2, -0.15) is 5.10 Å². The maximum Gasteiger partial charge on any atom is 0.272 e. The Hall–Kier alpha value is -2.74. The van der Waals surface area contributed by atoms with Crippen LogP contribution in [-0.4, -0.2) is 17.0 Å². The van der Waals surface area contributed by atoms with E-state index in [1.165, 1.54) is 12.1 Å². The summed E-state index contributed by atoms with van der Waals surface area (Å²) < 4.78 is 0.600. The molecule has 0 saturated heterocycles. The van der Waals surface area contributed by atoms with Crippen molar-refractivity contribution in [2.75, 3.05) is 0 Å². The summed E-state index contributed by atoms with van der Waals surface area (Å²) in [5, 5.41) is 26.1. The Morgan fingerprint density at radius 1 is 1.23 bits per heavy atom. The normalized spacial score (nSPS) is 10.6. The smallest absolute Gasteiger partial charge is 0.272 e. The van der Waals surface area contributed by atoms with Crippen LogP contribution in [0.4, 0.5) is 5.69 Å². The summed E-state index contributed by atoms with van der Waals surface area (Å²) >= 11 is 3.23. The molecule has 0 bridgehead atoms. The SMILES string of the molecule is O=C(N/N=C\c1cccc([N+](=O)[O-])c1[O-])c1ccccc1Br. The predicted octanol–water partition coefficient (Wildman–Crippen LogP) is 2.19. The number of carbonyl (C=O) groups is 1. The highest BCUT2D eigenvalue weighted by atomic mass is 79.9. The van der Waals surface area contributed by atoms with E-state index < -0.39 is 22.3 Å². The van der Waals surface area contributed by atoms with Crippen LogP contribution in [0.5, 0.6) is 5.75 Å². The molecule has 0 unspecified atom stereocenters. The molecule has 0 aliphatic rings. The molecule has 0 heterocycles. The number of hydrogen-bond acceptors (Lipinski definition) is 5. The number of nitrogens with one attached hydrogen (secondary N) is 1. The molecule has 8 heteroatoms. The number of nitrogens with zero attached hydrogens (tertiary/aromatic N) is 2. The molecular formula is C14H9BrN3O4-. The number of rotatable bonds is 4. The molecule has 0 fully saturated rings. The average molecular weight is 363 g/mol. The van der Waals surface area contributed by atoms with Crippen LogP contribution in [0.15, 0.2) is 52.0 Å². The molecule has 2 aromatic carbocycles. The molecule has 0 saturated carbocycles. The van der Waals surface area contributed by atoms with Crippen molar-refractivity contribution in [1.29, 1.82) is 0 Å². The summed E-state index contributed by atoms with van der Waals surface area (Å²) in [7, 11) is 0. The monoisotopic (exact) mass is 362 g/mol. The van der Waals surface area contributed by atoms with Crippen LogP contribution in [0.3, 0.4) is 0 Å². The van der Waals surface area contributed by atoms with Crippen molar-refractivity contribution < 1.29 is 14.8 Å². The van der Waals surface area contributed by atoms with E-state index in [0.29, 0.717) is 10.0 Å². The first-order valence-corrected chi connectivity index (χ1v) is 6.82. The summed E-state index contributed by atoms with van der Waals surface area (Å²) in [5.74, 6) is -1.23. The van der Waals surface area contributed by atoms with Crippen molar-refractivity contribution in [3.63, 3.8) is 0 Å². The van der Waals surface area contributed by atoms with E-state index in [-0.39, 0.29) is 5.56 Å². The van der Waals surface area contributed by atoms with E-state index in [0.717, 1.165) is 12.3 Å². The highest BCUT2D eigenvalue weighted by molar-refractivity contribution is 9.10. The van der Waals surface area contributed by atoms with Gasteiger partial charge >= 0.3 is 0 Å². The largest absolute Gasteiger partial charge is 0.867 e. The van der Waals surface area contributed by atoms with Gasteiger partial charge in [0.15, 0.2) is 0 Å². The minimum absolute atomic E-state index is 0.0154. The van der Waals surface area contributed by atoms with Crippen LogP contribution in [-0.2, 0) is 0 Å². The van der Waals surface area contributed by atoms with Crippen molar-refractivity contribution in [1.82, 2.24) is 5.43 Å². The summed E-state index contributed by atoms with van der Waals surface area (Å²) in [4.78, 5) is 21.8. The van der Waals surface area contributed by atoms with Crippen LogP contribution in [0, 0.1) is 10.1 Å². The molecule has 2 rings (SSSR count). The Balaban J connectivity index is 2.14. The van der Waals surface area contributed by atoms with E-state index in [2.05, 4.69) is 26.5 Å². The molecule has 0 spiro atoms. The van der Waals surface area contributed by atoms with Gasteiger partial charge in [0.2, 0.25) is 0 Å². The summed E-state index contributed by atoms with van der Waals surface area (Å²) in [6, 6.07) is 10.6. The first-order valence-electron chi connectivity index (χ1n) is 6.03. The van der Waals surface area contributed by atoms with Gasteiger partial charge < -0.3 is 5.11 Å². The molecule has 112 valence electrons. The first kappa shape index (κ1) is 15.6. The van der Waals surface area contributed by atoms with Gasteiger partial charge in [-0.05, 0) is 39.4 Å². The number of hydrazone groups is 1. The maximum atomic E-state index is 11.9. The highest BCUT2D eigenvalue weighted by Gasteiger charge is 2.09. The van der Waals surface area contributed by atoms with Gasteiger partial charge in [-0.15, -0.1) is 0 Å². The van der Waals surface area contributed by atoms with E-state index in [4.69, 9.17) is 0 Å². The Kier molecular flexibility index (Phi) is 4.84. The number of benzene rings is 2. The van der Waals surface area contributed by atoms with Gasteiger partial charge in [0, 0.05) is 10.5 Å². The van der Waals surface area contributed by atoms with Crippen molar-refractivity contribution >= 4 is 33.7 Å². The molecule has 0 aliphatic heterocycles. The van der Waals surface area contributed by atoms with Gasteiger partial charge in [-0.25, -0.2) is 5.43 Å². The zero-order valence-electron chi connectivity index (χ0n) is 11.0. The fraction of sp³-hybridized carbons (Fsp3) is 0. The van der Waals surface area contributed by atoms with E-state index in [1.54, 1.807) is 24.3 Å². The van der Waals surface area contributed by atoms with E-state index in [9.17, 15) is 20.0 Å². The lowest BCUT2D eigenvalue weighted by molar-refractivity contribution is -0.398. The Labute approximate surface area is 133 Å². The predicted molar refractivity (Wildman–Crippen MR) is 81.7 cm³/mol. The van der Waals surface area contributed by atoms with Gasteiger partial charge in [-0.1, -0.05) is 24.3 Å². The quantitative estimate of drug-likeness (QED) is 0.510. The van der Waals surface area contributed by atoms with Crippen LogP contribution in [0.25, 0.3) is 0 Å². The van der Waals surface area contributed by atoms with Crippen LogP contribution in [0.1, 0.15) is 15.9 Å². The number of amides is 1. The highest BCUT2D eigenvalue weighted by Crippen LogP contribution is 2.25. The van der Waals surface area contributed by atoms with Crippen molar-refractivity contribution in [2.45, 2.75) is 0 Å². The fourth-order valence-corrected chi connectivity index (χ4v) is 2.12. The Bertz CT molecular complexity index is 762. The Morgan fingerprint density at radius 2 is 1.95 bits per heavy atom. The number of hydrogen-bond donors (Lipinski definition) is 1. The number of nitro benzene ring substituents is 1. The molecular weight excluding hydrogens is 354 g/mol.